The molecule has 0 aliphatic heterocycles. The third-order valence-electron chi connectivity index (χ3n) is 2.46. The molecule has 0 aromatic carbocycles. The Balaban J connectivity index is 3.02. The summed E-state index contributed by atoms with van der Waals surface area (Å²) in [7, 11) is -3.46. The van der Waals surface area contributed by atoms with Crippen LogP contribution in [0.15, 0.2) is 23.4 Å². The molecule has 0 saturated heterocycles. The second kappa shape index (κ2) is 6.09. The van der Waals surface area contributed by atoms with Gasteiger partial charge in [0, 0.05) is 25.8 Å². The minimum absolute atomic E-state index is 0.0880. The molecule has 2 N–H and O–H groups in total. The summed E-state index contributed by atoms with van der Waals surface area (Å²) in [6.45, 7) is 5.10. The fraction of sp³-hybridized carbons (Fsp3) is 0.545. The summed E-state index contributed by atoms with van der Waals surface area (Å²) in [5.74, 6) is 0. The first kappa shape index (κ1) is 14.1. The van der Waals surface area contributed by atoms with Gasteiger partial charge in [0.05, 0.1) is 0 Å². The van der Waals surface area contributed by atoms with Crippen molar-refractivity contribution in [3.63, 3.8) is 0 Å². The Kier molecular flexibility index (Phi) is 5.04. The molecule has 0 amide bonds. The summed E-state index contributed by atoms with van der Waals surface area (Å²) in [4.78, 5) is 3.96. The van der Waals surface area contributed by atoms with Crippen molar-refractivity contribution in [2.24, 2.45) is 5.73 Å². The van der Waals surface area contributed by atoms with Gasteiger partial charge in [0.25, 0.3) is 10.0 Å². The predicted octanol–water partition coefficient (Wildman–Crippen LogP) is 0.961. The van der Waals surface area contributed by atoms with Crippen LogP contribution in [0.25, 0.3) is 0 Å². The highest BCUT2D eigenvalue weighted by Gasteiger charge is 2.23. The Hall–Kier alpha value is -0.980. The molecule has 0 unspecified atom stereocenters. The van der Waals surface area contributed by atoms with Gasteiger partial charge in [0.2, 0.25) is 0 Å². The van der Waals surface area contributed by atoms with Gasteiger partial charge in [-0.05, 0) is 18.1 Å². The standard InChI is InChI=1S/C11H19N3O2S/c1-3-7-14(4-2)17(15,16)11-6-5-10(8-12)9-13-11/h5-6,9H,3-4,7-8,12H2,1-2H3. The summed E-state index contributed by atoms with van der Waals surface area (Å²) >= 11 is 0. The van der Waals surface area contributed by atoms with Crippen molar-refractivity contribution in [2.45, 2.75) is 31.8 Å². The van der Waals surface area contributed by atoms with Crippen molar-refractivity contribution >= 4 is 10.0 Å². The normalized spacial score (nSPS) is 12.0. The van der Waals surface area contributed by atoms with Crippen molar-refractivity contribution < 1.29 is 8.42 Å². The Labute approximate surface area is 103 Å². The number of nitrogens with two attached hydrogens (primary N) is 1. The second-order valence-corrected chi connectivity index (χ2v) is 5.59. The van der Waals surface area contributed by atoms with Gasteiger partial charge in [-0.1, -0.05) is 19.9 Å². The molecule has 0 spiro atoms. The molecule has 96 valence electrons. The number of hydrogen-bond donors (Lipinski definition) is 1. The van der Waals surface area contributed by atoms with Crippen molar-refractivity contribution in [3.8, 4) is 0 Å². The summed E-state index contributed by atoms with van der Waals surface area (Å²) in [6, 6.07) is 3.20. The molecule has 0 saturated carbocycles. The molecule has 0 atom stereocenters. The summed E-state index contributed by atoms with van der Waals surface area (Å²) in [5.41, 5.74) is 6.26. The minimum Gasteiger partial charge on any atom is -0.326 e. The molecule has 1 heterocycles. The molecular formula is C11H19N3O2S. The maximum atomic E-state index is 12.2. The van der Waals surface area contributed by atoms with E-state index in [1.165, 1.54) is 16.6 Å². The Morgan fingerprint density at radius 1 is 1.35 bits per heavy atom. The summed E-state index contributed by atoms with van der Waals surface area (Å²) < 4.78 is 25.8. The van der Waals surface area contributed by atoms with Crippen LogP contribution in [0.4, 0.5) is 0 Å². The zero-order valence-corrected chi connectivity index (χ0v) is 11.1. The predicted molar refractivity (Wildman–Crippen MR) is 66.9 cm³/mol. The van der Waals surface area contributed by atoms with E-state index in [2.05, 4.69) is 4.98 Å². The maximum Gasteiger partial charge on any atom is 0.260 e. The zero-order chi connectivity index (χ0) is 12.9. The van der Waals surface area contributed by atoms with E-state index in [1.807, 2.05) is 13.8 Å². The smallest absolute Gasteiger partial charge is 0.260 e. The lowest BCUT2D eigenvalue weighted by Gasteiger charge is -2.18. The highest BCUT2D eigenvalue weighted by atomic mass is 32.2. The topological polar surface area (TPSA) is 76.3 Å². The molecule has 0 bridgehead atoms. The van der Waals surface area contributed by atoms with E-state index in [9.17, 15) is 8.42 Å². The van der Waals surface area contributed by atoms with E-state index in [0.717, 1.165) is 12.0 Å². The monoisotopic (exact) mass is 257 g/mol. The Morgan fingerprint density at radius 2 is 2.06 bits per heavy atom. The van der Waals surface area contributed by atoms with E-state index in [-0.39, 0.29) is 5.03 Å². The van der Waals surface area contributed by atoms with E-state index in [0.29, 0.717) is 19.6 Å². The number of rotatable bonds is 6. The minimum atomic E-state index is -3.46. The molecule has 0 fully saturated rings. The van der Waals surface area contributed by atoms with Gasteiger partial charge in [-0.3, -0.25) is 0 Å². The fourth-order valence-corrected chi connectivity index (χ4v) is 2.97. The largest absolute Gasteiger partial charge is 0.326 e. The molecule has 6 heteroatoms. The molecule has 5 nitrogen and oxygen atoms in total. The first-order chi connectivity index (χ1) is 8.06. The number of nitrogens with zero attached hydrogens (tertiary/aromatic N) is 2. The number of pyridine rings is 1. The third kappa shape index (κ3) is 3.24. The van der Waals surface area contributed by atoms with Gasteiger partial charge >= 0.3 is 0 Å². The van der Waals surface area contributed by atoms with Gasteiger partial charge in [-0.2, -0.15) is 4.31 Å². The molecule has 1 aromatic rings. The highest BCUT2D eigenvalue weighted by Crippen LogP contribution is 2.13. The first-order valence-electron chi connectivity index (χ1n) is 5.71. The first-order valence-corrected chi connectivity index (χ1v) is 7.15. The van der Waals surface area contributed by atoms with Gasteiger partial charge < -0.3 is 5.73 Å². The quantitative estimate of drug-likeness (QED) is 0.823. The molecule has 0 aliphatic rings. The van der Waals surface area contributed by atoms with Crippen LogP contribution in [-0.2, 0) is 16.6 Å². The van der Waals surface area contributed by atoms with E-state index in [1.54, 1.807) is 6.07 Å². The molecule has 0 aliphatic carbocycles. The third-order valence-corrected chi connectivity index (χ3v) is 4.35. The second-order valence-electron chi connectivity index (χ2n) is 3.71. The SMILES string of the molecule is CCCN(CC)S(=O)(=O)c1ccc(CN)cn1. The van der Waals surface area contributed by atoms with Crippen molar-refractivity contribution in [1.82, 2.24) is 9.29 Å². The lowest BCUT2D eigenvalue weighted by atomic mass is 10.3. The molecular weight excluding hydrogens is 238 g/mol. The van der Waals surface area contributed by atoms with Crippen molar-refractivity contribution in [3.05, 3.63) is 23.9 Å². The van der Waals surface area contributed by atoms with Crippen LogP contribution in [0.1, 0.15) is 25.8 Å². The van der Waals surface area contributed by atoms with Crippen LogP contribution in [0.3, 0.4) is 0 Å². The Bertz CT molecular complexity index is 442. The van der Waals surface area contributed by atoms with Crippen LogP contribution in [0.5, 0.6) is 0 Å². The van der Waals surface area contributed by atoms with Crippen LogP contribution in [0.2, 0.25) is 0 Å². The molecule has 0 radical (unpaired) electrons. The van der Waals surface area contributed by atoms with Gasteiger partial charge in [-0.25, -0.2) is 13.4 Å². The van der Waals surface area contributed by atoms with E-state index >= 15 is 0 Å². The van der Waals surface area contributed by atoms with Crippen LogP contribution >= 0.6 is 0 Å². The van der Waals surface area contributed by atoms with Crippen molar-refractivity contribution in [1.29, 1.82) is 0 Å². The van der Waals surface area contributed by atoms with Crippen LogP contribution in [-0.4, -0.2) is 30.8 Å². The number of sulfonamides is 1. The van der Waals surface area contributed by atoms with E-state index in [4.69, 9.17) is 5.73 Å². The van der Waals surface area contributed by atoms with Gasteiger partial charge in [0.15, 0.2) is 5.03 Å². The zero-order valence-electron chi connectivity index (χ0n) is 10.3. The van der Waals surface area contributed by atoms with Crippen LogP contribution in [0, 0.1) is 0 Å². The lowest BCUT2D eigenvalue weighted by Crippen LogP contribution is -2.32. The van der Waals surface area contributed by atoms with Gasteiger partial charge in [-0.15, -0.1) is 0 Å². The number of hydrogen-bond acceptors (Lipinski definition) is 4. The van der Waals surface area contributed by atoms with Crippen molar-refractivity contribution in [2.75, 3.05) is 13.1 Å². The van der Waals surface area contributed by atoms with Crippen LogP contribution < -0.4 is 5.73 Å². The molecule has 1 rings (SSSR count). The lowest BCUT2D eigenvalue weighted by molar-refractivity contribution is 0.425. The Morgan fingerprint density at radius 3 is 2.47 bits per heavy atom. The average Bonchev–Trinajstić information content (AvgIpc) is 2.35. The van der Waals surface area contributed by atoms with E-state index < -0.39 is 10.0 Å². The van der Waals surface area contributed by atoms with Gasteiger partial charge in [0.1, 0.15) is 0 Å². The number of aromatic nitrogens is 1. The maximum absolute atomic E-state index is 12.2. The molecule has 1 aromatic heterocycles. The highest BCUT2D eigenvalue weighted by molar-refractivity contribution is 7.89. The fourth-order valence-electron chi connectivity index (χ4n) is 1.51. The summed E-state index contributed by atoms with van der Waals surface area (Å²) in [6.07, 6.45) is 2.29. The average molecular weight is 257 g/mol. The molecule has 17 heavy (non-hydrogen) atoms. The summed E-state index contributed by atoms with van der Waals surface area (Å²) in [5, 5.41) is 0.0880.